The molecule has 102 valence electrons. The average Bonchev–Trinajstić information content (AvgIpc) is 3.12. The van der Waals surface area contributed by atoms with Gasteiger partial charge in [-0.1, -0.05) is 15.9 Å². The van der Waals surface area contributed by atoms with Crippen molar-refractivity contribution in [3.8, 4) is 0 Å². The molecule has 0 spiro atoms. The number of hydrogen-bond donors (Lipinski definition) is 2. The Morgan fingerprint density at radius 1 is 1.47 bits per heavy atom. The molecular formula is C13H15BrN2O3. The van der Waals surface area contributed by atoms with E-state index >= 15 is 0 Å². The maximum atomic E-state index is 11.7. The Balaban J connectivity index is 2.10. The first-order valence-corrected chi connectivity index (χ1v) is 6.80. The molecule has 1 aromatic rings. The van der Waals surface area contributed by atoms with Gasteiger partial charge in [0.2, 0.25) is 5.91 Å². The SMILES string of the molecule is CN(CC(=O)NC1CC1)c1ccc(Br)cc1C(=O)O. The van der Waals surface area contributed by atoms with Crippen molar-refractivity contribution < 1.29 is 14.7 Å². The number of carboxylic acid groups (broad SMARTS) is 1. The summed E-state index contributed by atoms with van der Waals surface area (Å²) in [5.41, 5.74) is 0.706. The summed E-state index contributed by atoms with van der Waals surface area (Å²) in [6.45, 7) is 0.151. The predicted octanol–water partition coefficient (Wildman–Crippen LogP) is 1.86. The maximum absolute atomic E-state index is 11.7. The van der Waals surface area contributed by atoms with Gasteiger partial charge in [-0.25, -0.2) is 4.79 Å². The van der Waals surface area contributed by atoms with Gasteiger partial charge in [-0.3, -0.25) is 4.79 Å². The first-order chi connectivity index (χ1) is 8.97. The van der Waals surface area contributed by atoms with E-state index in [1.54, 1.807) is 24.1 Å². The van der Waals surface area contributed by atoms with Gasteiger partial charge in [0.25, 0.3) is 0 Å². The minimum atomic E-state index is -1.01. The number of anilines is 1. The first-order valence-electron chi connectivity index (χ1n) is 6.00. The van der Waals surface area contributed by atoms with Crippen LogP contribution in [-0.4, -0.2) is 36.6 Å². The van der Waals surface area contributed by atoms with Crippen molar-refractivity contribution in [2.45, 2.75) is 18.9 Å². The van der Waals surface area contributed by atoms with Gasteiger partial charge >= 0.3 is 5.97 Å². The molecule has 0 radical (unpaired) electrons. The van der Waals surface area contributed by atoms with Crippen molar-refractivity contribution in [2.24, 2.45) is 0 Å². The molecule has 0 bridgehead atoms. The van der Waals surface area contributed by atoms with Gasteiger partial charge in [0.15, 0.2) is 0 Å². The third-order valence-electron chi connectivity index (χ3n) is 2.92. The van der Waals surface area contributed by atoms with Crippen LogP contribution in [-0.2, 0) is 4.79 Å². The summed E-state index contributed by atoms with van der Waals surface area (Å²) >= 11 is 3.24. The summed E-state index contributed by atoms with van der Waals surface area (Å²) in [5, 5.41) is 12.1. The lowest BCUT2D eigenvalue weighted by molar-refractivity contribution is -0.119. The molecule has 1 aliphatic rings. The minimum Gasteiger partial charge on any atom is -0.478 e. The summed E-state index contributed by atoms with van der Waals surface area (Å²) < 4.78 is 0.699. The van der Waals surface area contributed by atoms with Crippen molar-refractivity contribution in [3.63, 3.8) is 0 Å². The molecule has 0 aliphatic heterocycles. The molecule has 0 saturated heterocycles. The van der Waals surface area contributed by atoms with Crippen LogP contribution in [0.5, 0.6) is 0 Å². The lowest BCUT2D eigenvalue weighted by Crippen LogP contribution is -2.36. The monoisotopic (exact) mass is 326 g/mol. The average molecular weight is 327 g/mol. The Morgan fingerprint density at radius 2 is 2.16 bits per heavy atom. The van der Waals surface area contributed by atoms with Gasteiger partial charge in [0.1, 0.15) is 0 Å². The molecule has 19 heavy (non-hydrogen) atoms. The second kappa shape index (κ2) is 5.61. The van der Waals surface area contributed by atoms with Crippen LogP contribution >= 0.6 is 15.9 Å². The standard InChI is InChI=1S/C13H15BrN2O3/c1-16(7-12(17)15-9-3-4-9)11-5-2-8(14)6-10(11)13(18)19/h2,5-6,9H,3-4,7H2,1H3,(H,15,17)(H,18,19). The fraction of sp³-hybridized carbons (Fsp3) is 0.385. The maximum Gasteiger partial charge on any atom is 0.337 e. The number of nitrogens with zero attached hydrogens (tertiary/aromatic N) is 1. The molecule has 1 fully saturated rings. The van der Waals surface area contributed by atoms with Gasteiger partial charge in [-0.2, -0.15) is 0 Å². The van der Waals surface area contributed by atoms with Crippen molar-refractivity contribution in [3.05, 3.63) is 28.2 Å². The van der Waals surface area contributed by atoms with E-state index in [0.29, 0.717) is 16.2 Å². The van der Waals surface area contributed by atoms with Gasteiger partial charge < -0.3 is 15.3 Å². The summed E-state index contributed by atoms with van der Waals surface area (Å²) in [7, 11) is 1.71. The summed E-state index contributed by atoms with van der Waals surface area (Å²) in [4.78, 5) is 24.6. The normalized spacial score (nSPS) is 14.0. The van der Waals surface area contributed by atoms with Crippen LogP contribution in [0.3, 0.4) is 0 Å². The number of amides is 1. The molecular weight excluding hydrogens is 312 g/mol. The summed E-state index contributed by atoms with van der Waals surface area (Å²) in [5.74, 6) is -1.09. The Labute approximate surface area is 119 Å². The largest absolute Gasteiger partial charge is 0.478 e. The molecule has 6 heteroatoms. The second-order valence-electron chi connectivity index (χ2n) is 4.66. The van der Waals surface area contributed by atoms with E-state index in [-0.39, 0.29) is 18.0 Å². The number of rotatable bonds is 5. The highest BCUT2D eigenvalue weighted by Gasteiger charge is 2.24. The quantitative estimate of drug-likeness (QED) is 0.866. The zero-order valence-corrected chi connectivity index (χ0v) is 12.1. The third-order valence-corrected chi connectivity index (χ3v) is 3.42. The molecule has 5 nitrogen and oxygen atoms in total. The predicted molar refractivity (Wildman–Crippen MR) is 75.5 cm³/mol. The van der Waals surface area contributed by atoms with Crippen molar-refractivity contribution in [2.75, 3.05) is 18.5 Å². The van der Waals surface area contributed by atoms with Gasteiger partial charge in [0, 0.05) is 17.6 Å². The summed E-state index contributed by atoms with van der Waals surface area (Å²) in [6.07, 6.45) is 2.07. The number of likely N-dealkylation sites (N-methyl/N-ethyl adjacent to an activating group) is 1. The second-order valence-corrected chi connectivity index (χ2v) is 5.58. The zero-order valence-electron chi connectivity index (χ0n) is 10.5. The highest BCUT2D eigenvalue weighted by molar-refractivity contribution is 9.10. The van der Waals surface area contributed by atoms with Crippen LogP contribution in [0.15, 0.2) is 22.7 Å². The number of benzene rings is 1. The molecule has 0 heterocycles. The minimum absolute atomic E-state index is 0.0794. The number of carbonyl (C=O) groups excluding carboxylic acids is 1. The van der Waals surface area contributed by atoms with E-state index in [9.17, 15) is 14.7 Å². The highest BCUT2D eigenvalue weighted by atomic mass is 79.9. The van der Waals surface area contributed by atoms with E-state index in [1.165, 1.54) is 6.07 Å². The van der Waals surface area contributed by atoms with Gasteiger partial charge in [-0.05, 0) is 31.0 Å². The van der Waals surface area contributed by atoms with E-state index in [2.05, 4.69) is 21.2 Å². The van der Waals surface area contributed by atoms with Crippen molar-refractivity contribution >= 4 is 33.5 Å². The topological polar surface area (TPSA) is 69.6 Å². The van der Waals surface area contributed by atoms with Crippen molar-refractivity contribution in [1.82, 2.24) is 5.32 Å². The Kier molecular flexibility index (Phi) is 4.09. The molecule has 1 aliphatic carbocycles. The van der Waals surface area contributed by atoms with Gasteiger partial charge in [0.05, 0.1) is 17.8 Å². The van der Waals surface area contributed by atoms with E-state index in [1.807, 2.05) is 0 Å². The number of halogens is 1. The molecule has 2 rings (SSSR count). The lowest BCUT2D eigenvalue weighted by atomic mass is 10.1. The molecule has 1 saturated carbocycles. The molecule has 0 atom stereocenters. The van der Waals surface area contributed by atoms with Crippen LogP contribution in [0.4, 0.5) is 5.69 Å². The Morgan fingerprint density at radius 3 is 2.74 bits per heavy atom. The summed E-state index contributed by atoms with van der Waals surface area (Å²) in [6, 6.07) is 5.30. The van der Waals surface area contributed by atoms with Crippen LogP contribution in [0.25, 0.3) is 0 Å². The number of aromatic carboxylic acids is 1. The van der Waals surface area contributed by atoms with Crippen LogP contribution < -0.4 is 10.2 Å². The molecule has 0 unspecified atom stereocenters. The van der Waals surface area contributed by atoms with Crippen LogP contribution in [0, 0.1) is 0 Å². The van der Waals surface area contributed by atoms with Crippen LogP contribution in [0.2, 0.25) is 0 Å². The Bertz CT molecular complexity index is 515. The molecule has 1 amide bonds. The third kappa shape index (κ3) is 3.70. The highest BCUT2D eigenvalue weighted by Crippen LogP contribution is 2.24. The smallest absolute Gasteiger partial charge is 0.337 e. The zero-order chi connectivity index (χ0) is 14.0. The molecule has 1 aromatic carbocycles. The number of carbonyl (C=O) groups is 2. The van der Waals surface area contributed by atoms with E-state index in [4.69, 9.17) is 0 Å². The van der Waals surface area contributed by atoms with Gasteiger partial charge in [-0.15, -0.1) is 0 Å². The molecule has 0 aromatic heterocycles. The van der Waals surface area contributed by atoms with Crippen LogP contribution in [0.1, 0.15) is 23.2 Å². The fourth-order valence-corrected chi connectivity index (χ4v) is 2.18. The molecule has 2 N–H and O–H groups in total. The number of carboxylic acids is 1. The fourth-order valence-electron chi connectivity index (χ4n) is 1.81. The number of hydrogen-bond acceptors (Lipinski definition) is 3. The van der Waals surface area contributed by atoms with E-state index < -0.39 is 5.97 Å². The van der Waals surface area contributed by atoms with E-state index in [0.717, 1.165) is 12.8 Å². The van der Waals surface area contributed by atoms with Crippen molar-refractivity contribution in [1.29, 1.82) is 0 Å². The Hall–Kier alpha value is -1.56. The first kappa shape index (κ1) is 13.9. The lowest BCUT2D eigenvalue weighted by Gasteiger charge is -2.20. The number of nitrogens with one attached hydrogen (secondary N) is 1.